The summed E-state index contributed by atoms with van der Waals surface area (Å²) in [6, 6.07) is 7.06. The number of amides is 1. The lowest BCUT2D eigenvalue weighted by molar-refractivity contribution is -0.121. The van der Waals surface area contributed by atoms with Gasteiger partial charge in [0, 0.05) is 6.54 Å². The number of para-hydroxylation sites is 1. The van der Waals surface area contributed by atoms with Crippen molar-refractivity contribution in [2.45, 2.75) is 32.2 Å². The third-order valence-corrected chi connectivity index (χ3v) is 3.32. The number of hydrogen-bond donors (Lipinski definition) is 1. The average molecular weight is 308 g/mol. The number of rotatable bonds is 5. The van der Waals surface area contributed by atoms with Gasteiger partial charge in [-0.3, -0.25) is 14.2 Å². The molecule has 6 heteroatoms. The summed E-state index contributed by atoms with van der Waals surface area (Å²) in [7, 11) is 0. The first-order chi connectivity index (χ1) is 10.0. The van der Waals surface area contributed by atoms with Gasteiger partial charge in [0.1, 0.15) is 12.4 Å². The molecule has 1 amide bonds. The molecule has 0 saturated heterocycles. The van der Waals surface area contributed by atoms with E-state index in [0.717, 1.165) is 6.42 Å². The number of benzene rings is 1. The molecule has 1 aromatic heterocycles. The fourth-order valence-electron chi connectivity index (χ4n) is 2.11. The molecule has 0 fully saturated rings. The van der Waals surface area contributed by atoms with Gasteiger partial charge >= 0.3 is 0 Å². The summed E-state index contributed by atoms with van der Waals surface area (Å²) >= 11 is 6.11. The second-order valence-corrected chi connectivity index (χ2v) is 5.50. The molecule has 1 heterocycles. The molecule has 0 aliphatic carbocycles. The zero-order chi connectivity index (χ0) is 15.4. The molecule has 1 atom stereocenters. The van der Waals surface area contributed by atoms with Gasteiger partial charge in [0.05, 0.1) is 16.3 Å². The van der Waals surface area contributed by atoms with Crippen LogP contribution in [0, 0.1) is 0 Å². The Morgan fingerprint density at radius 3 is 2.81 bits per heavy atom. The second-order valence-electron chi connectivity index (χ2n) is 4.84. The molecule has 2 rings (SSSR count). The molecule has 1 N–H and O–H groups in total. The number of carbonyl (C=O) groups excluding carboxylic acids is 1. The minimum atomic E-state index is -0.457. The highest BCUT2D eigenvalue weighted by Crippen LogP contribution is 2.18. The van der Waals surface area contributed by atoms with Gasteiger partial charge in [0.25, 0.3) is 5.56 Å². The first-order valence-electron chi connectivity index (χ1n) is 6.94. The molecule has 0 aliphatic rings. The number of halogens is 1. The largest absolute Gasteiger partial charge is 0.355 e. The quantitative estimate of drug-likeness (QED) is 0.862. The van der Waals surface area contributed by atoms with Gasteiger partial charge in [-0.15, -0.1) is 11.6 Å². The maximum Gasteiger partial charge on any atom is 0.261 e. The first-order valence-corrected chi connectivity index (χ1v) is 7.38. The number of aromatic nitrogens is 2. The van der Waals surface area contributed by atoms with Crippen molar-refractivity contribution >= 4 is 28.4 Å². The van der Waals surface area contributed by atoms with Crippen molar-refractivity contribution in [2.75, 3.05) is 6.54 Å². The number of alkyl halides is 1. The Morgan fingerprint density at radius 1 is 1.43 bits per heavy atom. The molecule has 0 spiro atoms. The van der Waals surface area contributed by atoms with Crippen LogP contribution >= 0.6 is 11.6 Å². The zero-order valence-electron chi connectivity index (χ0n) is 12.1. The third kappa shape index (κ3) is 3.42. The fourth-order valence-corrected chi connectivity index (χ4v) is 2.27. The summed E-state index contributed by atoms with van der Waals surface area (Å²) in [4.78, 5) is 28.9. The molecule has 0 bridgehead atoms. The summed E-state index contributed by atoms with van der Waals surface area (Å²) < 4.78 is 1.35. The standard InChI is InChI=1S/C15H18ClN3O2/c1-3-8-17-13(20)9-19-14(10(2)16)18-12-7-5-4-6-11(12)15(19)21/h4-7,10H,3,8-9H2,1-2H3,(H,17,20). The molecule has 112 valence electrons. The summed E-state index contributed by atoms with van der Waals surface area (Å²) in [5, 5.41) is 2.78. The van der Waals surface area contributed by atoms with Crippen molar-refractivity contribution < 1.29 is 4.79 Å². The minimum Gasteiger partial charge on any atom is -0.355 e. The summed E-state index contributed by atoms with van der Waals surface area (Å²) in [5.74, 6) is 0.196. The van der Waals surface area contributed by atoms with Gasteiger partial charge in [-0.05, 0) is 25.5 Å². The molecule has 0 saturated carbocycles. The lowest BCUT2D eigenvalue weighted by atomic mass is 10.2. The van der Waals surface area contributed by atoms with Crippen LogP contribution in [0.5, 0.6) is 0 Å². The molecule has 2 aromatic rings. The van der Waals surface area contributed by atoms with Crippen LogP contribution in [0.4, 0.5) is 0 Å². The lowest BCUT2D eigenvalue weighted by Crippen LogP contribution is -2.35. The van der Waals surface area contributed by atoms with Gasteiger partial charge in [-0.2, -0.15) is 0 Å². The van der Waals surface area contributed by atoms with Crippen molar-refractivity contribution in [3.05, 3.63) is 40.4 Å². The van der Waals surface area contributed by atoms with Gasteiger partial charge in [-0.25, -0.2) is 4.98 Å². The predicted octanol–water partition coefficient (Wildman–Crippen LogP) is 2.22. The van der Waals surface area contributed by atoms with E-state index in [1.807, 2.05) is 13.0 Å². The monoisotopic (exact) mass is 307 g/mol. The van der Waals surface area contributed by atoms with Crippen LogP contribution in [0.2, 0.25) is 0 Å². The zero-order valence-corrected chi connectivity index (χ0v) is 12.9. The van der Waals surface area contributed by atoms with Crippen molar-refractivity contribution in [1.29, 1.82) is 0 Å². The summed E-state index contributed by atoms with van der Waals surface area (Å²) in [5.41, 5.74) is 0.352. The lowest BCUT2D eigenvalue weighted by Gasteiger charge is -2.14. The van der Waals surface area contributed by atoms with Crippen LogP contribution in [0.15, 0.2) is 29.1 Å². The number of hydrogen-bond acceptors (Lipinski definition) is 3. The first kappa shape index (κ1) is 15.5. The molecular weight excluding hydrogens is 290 g/mol. The molecule has 0 radical (unpaired) electrons. The maximum absolute atomic E-state index is 12.5. The molecule has 1 aromatic carbocycles. The van der Waals surface area contributed by atoms with E-state index in [2.05, 4.69) is 10.3 Å². The molecule has 0 aliphatic heterocycles. The van der Waals surface area contributed by atoms with E-state index in [9.17, 15) is 9.59 Å². The predicted molar refractivity (Wildman–Crippen MR) is 83.6 cm³/mol. The highest BCUT2D eigenvalue weighted by atomic mass is 35.5. The van der Waals surface area contributed by atoms with Crippen molar-refractivity contribution in [3.63, 3.8) is 0 Å². The number of nitrogens with one attached hydrogen (secondary N) is 1. The highest BCUT2D eigenvalue weighted by molar-refractivity contribution is 6.20. The van der Waals surface area contributed by atoms with Gasteiger partial charge in [-0.1, -0.05) is 19.1 Å². The Hall–Kier alpha value is -1.88. The van der Waals surface area contributed by atoms with Gasteiger partial charge < -0.3 is 5.32 Å². The molecule has 21 heavy (non-hydrogen) atoms. The Bertz CT molecular complexity index is 710. The minimum absolute atomic E-state index is 0.0664. The smallest absolute Gasteiger partial charge is 0.261 e. The average Bonchev–Trinajstić information content (AvgIpc) is 2.47. The molecule has 1 unspecified atom stereocenters. The van der Waals surface area contributed by atoms with Crippen LogP contribution in [0.3, 0.4) is 0 Å². The highest BCUT2D eigenvalue weighted by Gasteiger charge is 2.16. The van der Waals surface area contributed by atoms with Crippen LogP contribution < -0.4 is 10.9 Å². The fraction of sp³-hybridized carbons (Fsp3) is 0.400. The van der Waals surface area contributed by atoms with E-state index >= 15 is 0 Å². The van der Waals surface area contributed by atoms with Gasteiger partial charge in [0.15, 0.2) is 0 Å². The summed E-state index contributed by atoms with van der Waals surface area (Å²) in [6.45, 7) is 4.22. The Kier molecular flexibility index (Phi) is 4.96. The second kappa shape index (κ2) is 6.72. The van der Waals surface area contributed by atoms with E-state index in [-0.39, 0.29) is 18.0 Å². The Morgan fingerprint density at radius 2 is 2.14 bits per heavy atom. The topological polar surface area (TPSA) is 64.0 Å². The van der Waals surface area contributed by atoms with E-state index in [1.165, 1.54) is 4.57 Å². The Balaban J connectivity index is 2.49. The van der Waals surface area contributed by atoms with E-state index in [1.54, 1.807) is 25.1 Å². The van der Waals surface area contributed by atoms with Crippen LogP contribution in [-0.4, -0.2) is 22.0 Å². The van der Waals surface area contributed by atoms with Crippen molar-refractivity contribution in [1.82, 2.24) is 14.9 Å². The van der Waals surface area contributed by atoms with Crippen molar-refractivity contribution in [3.8, 4) is 0 Å². The number of carbonyl (C=O) groups is 1. The van der Waals surface area contributed by atoms with E-state index in [4.69, 9.17) is 11.6 Å². The number of fused-ring (bicyclic) bond motifs is 1. The molecular formula is C15H18ClN3O2. The third-order valence-electron chi connectivity index (χ3n) is 3.12. The number of nitrogens with zero attached hydrogens (tertiary/aromatic N) is 2. The molecule has 5 nitrogen and oxygen atoms in total. The van der Waals surface area contributed by atoms with Crippen LogP contribution in [-0.2, 0) is 11.3 Å². The van der Waals surface area contributed by atoms with Crippen LogP contribution in [0.1, 0.15) is 31.5 Å². The normalized spacial score (nSPS) is 12.3. The van der Waals surface area contributed by atoms with Gasteiger partial charge in [0.2, 0.25) is 5.91 Å². The van der Waals surface area contributed by atoms with E-state index in [0.29, 0.717) is 23.3 Å². The Labute approximate surface area is 127 Å². The van der Waals surface area contributed by atoms with Crippen LogP contribution in [0.25, 0.3) is 10.9 Å². The van der Waals surface area contributed by atoms with E-state index < -0.39 is 5.38 Å². The summed E-state index contributed by atoms with van der Waals surface area (Å²) in [6.07, 6.45) is 0.843. The maximum atomic E-state index is 12.5. The SMILES string of the molecule is CCCNC(=O)Cn1c(C(C)Cl)nc2ccccc2c1=O. The van der Waals surface area contributed by atoms with Crippen molar-refractivity contribution in [2.24, 2.45) is 0 Å².